The molecule has 1 aliphatic rings. The summed E-state index contributed by atoms with van der Waals surface area (Å²) in [6, 6.07) is 25.1. The predicted octanol–water partition coefficient (Wildman–Crippen LogP) is 5.53. The van der Waals surface area contributed by atoms with Crippen molar-refractivity contribution in [2.45, 2.75) is 18.9 Å². The fourth-order valence-electron chi connectivity index (χ4n) is 3.98. The Morgan fingerprint density at radius 3 is 2.58 bits per heavy atom. The van der Waals surface area contributed by atoms with Crippen LogP contribution in [0.15, 0.2) is 85.1 Å². The largest absolute Gasteiger partial charge is 0.457 e. The van der Waals surface area contributed by atoms with Gasteiger partial charge in [-0.25, -0.2) is 0 Å². The number of nitrogens with one attached hydrogen (secondary N) is 1. The standard InChI is InChI=1S/C26H20N2O3/c29-24-14-13-23(31-24)20-12-11-19(17-6-2-1-3-7-17)16-21(20)26(30)28-22-10-4-8-18-9-5-15-27-25(18)22/h1-12,15-16,23H,13-14H2,(H,28,30). The number of esters is 1. The molecule has 152 valence electrons. The summed E-state index contributed by atoms with van der Waals surface area (Å²) in [7, 11) is 0. The number of anilines is 1. The summed E-state index contributed by atoms with van der Waals surface area (Å²) in [5.74, 6) is -0.490. The van der Waals surface area contributed by atoms with Gasteiger partial charge in [0.15, 0.2) is 0 Å². The minimum absolute atomic E-state index is 0.234. The number of carbonyl (C=O) groups is 2. The van der Waals surface area contributed by atoms with E-state index in [2.05, 4.69) is 10.3 Å². The molecular formula is C26H20N2O3. The van der Waals surface area contributed by atoms with Crippen LogP contribution in [0.1, 0.15) is 34.9 Å². The maximum atomic E-state index is 13.4. The lowest BCUT2D eigenvalue weighted by Gasteiger charge is -2.17. The van der Waals surface area contributed by atoms with E-state index in [1.165, 1.54) is 0 Å². The van der Waals surface area contributed by atoms with Gasteiger partial charge in [0.05, 0.1) is 11.2 Å². The number of para-hydroxylation sites is 1. The van der Waals surface area contributed by atoms with Crippen molar-refractivity contribution in [3.05, 3.63) is 96.2 Å². The highest BCUT2D eigenvalue weighted by Crippen LogP contribution is 2.34. The topological polar surface area (TPSA) is 68.3 Å². The van der Waals surface area contributed by atoms with Crippen molar-refractivity contribution in [2.75, 3.05) is 5.32 Å². The molecule has 1 N–H and O–H groups in total. The third-order valence-corrected chi connectivity index (χ3v) is 5.52. The van der Waals surface area contributed by atoms with E-state index < -0.39 is 6.10 Å². The molecule has 1 aromatic heterocycles. The normalized spacial score (nSPS) is 15.6. The van der Waals surface area contributed by atoms with Crippen molar-refractivity contribution < 1.29 is 14.3 Å². The fourth-order valence-corrected chi connectivity index (χ4v) is 3.98. The van der Waals surface area contributed by atoms with Gasteiger partial charge in [0.25, 0.3) is 5.91 Å². The van der Waals surface area contributed by atoms with Crippen LogP contribution in [0.3, 0.4) is 0 Å². The maximum absolute atomic E-state index is 13.4. The monoisotopic (exact) mass is 408 g/mol. The van der Waals surface area contributed by atoms with Gasteiger partial charge >= 0.3 is 5.97 Å². The lowest BCUT2D eigenvalue weighted by molar-refractivity contribution is -0.141. The maximum Gasteiger partial charge on any atom is 0.306 e. The minimum atomic E-state index is -0.413. The Balaban J connectivity index is 1.56. The minimum Gasteiger partial charge on any atom is -0.457 e. The molecule has 0 bridgehead atoms. The van der Waals surface area contributed by atoms with E-state index in [1.807, 2.05) is 78.9 Å². The number of cyclic esters (lactones) is 1. The molecule has 1 unspecified atom stereocenters. The Hall–Kier alpha value is -3.99. The summed E-state index contributed by atoms with van der Waals surface area (Å²) in [5.41, 5.74) is 4.52. The Labute approximate surface area is 179 Å². The second kappa shape index (κ2) is 8.03. The van der Waals surface area contributed by atoms with Crippen molar-refractivity contribution in [1.82, 2.24) is 4.98 Å². The molecule has 1 saturated heterocycles. The van der Waals surface area contributed by atoms with Gasteiger partial charge in [0.2, 0.25) is 0 Å². The molecule has 1 amide bonds. The van der Waals surface area contributed by atoms with Gasteiger partial charge in [-0.05, 0) is 35.7 Å². The van der Waals surface area contributed by atoms with Gasteiger partial charge in [-0.1, -0.05) is 60.7 Å². The zero-order valence-corrected chi connectivity index (χ0v) is 16.7. The number of aromatic nitrogens is 1. The molecule has 0 saturated carbocycles. The van der Waals surface area contributed by atoms with Crippen LogP contribution in [0.2, 0.25) is 0 Å². The third-order valence-electron chi connectivity index (χ3n) is 5.52. The molecular weight excluding hydrogens is 388 g/mol. The molecule has 5 rings (SSSR count). The summed E-state index contributed by atoms with van der Waals surface area (Å²) in [4.78, 5) is 29.5. The highest BCUT2D eigenvalue weighted by atomic mass is 16.5. The Morgan fingerprint density at radius 2 is 1.77 bits per heavy atom. The highest BCUT2D eigenvalue weighted by Gasteiger charge is 2.29. The van der Waals surface area contributed by atoms with E-state index in [4.69, 9.17) is 4.74 Å². The van der Waals surface area contributed by atoms with Crippen molar-refractivity contribution in [2.24, 2.45) is 0 Å². The summed E-state index contributed by atoms with van der Waals surface area (Å²) in [6.07, 6.45) is 2.22. The van der Waals surface area contributed by atoms with E-state index in [0.717, 1.165) is 27.6 Å². The number of carbonyl (C=O) groups excluding carboxylic acids is 2. The predicted molar refractivity (Wildman–Crippen MR) is 120 cm³/mol. The van der Waals surface area contributed by atoms with E-state index in [0.29, 0.717) is 24.1 Å². The van der Waals surface area contributed by atoms with Gasteiger partial charge in [-0.2, -0.15) is 0 Å². The summed E-state index contributed by atoms with van der Waals surface area (Å²) >= 11 is 0. The van der Waals surface area contributed by atoms with E-state index >= 15 is 0 Å². The van der Waals surface area contributed by atoms with Crippen molar-refractivity contribution in [1.29, 1.82) is 0 Å². The van der Waals surface area contributed by atoms with Crippen LogP contribution in [-0.4, -0.2) is 16.9 Å². The zero-order chi connectivity index (χ0) is 21.2. The number of ether oxygens (including phenoxy) is 1. The number of benzene rings is 3. The van der Waals surface area contributed by atoms with E-state index in [-0.39, 0.29) is 11.9 Å². The first-order valence-electron chi connectivity index (χ1n) is 10.2. The second-order valence-corrected chi connectivity index (χ2v) is 7.52. The van der Waals surface area contributed by atoms with Gasteiger partial charge in [0, 0.05) is 29.1 Å². The summed E-state index contributed by atoms with van der Waals surface area (Å²) in [6.45, 7) is 0. The molecule has 1 atom stereocenters. The second-order valence-electron chi connectivity index (χ2n) is 7.52. The lowest BCUT2D eigenvalue weighted by Crippen LogP contribution is -2.16. The Morgan fingerprint density at radius 1 is 0.935 bits per heavy atom. The number of hydrogen-bond donors (Lipinski definition) is 1. The fraction of sp³-hybridized carbons (Fsp3) is 0.115. The van der Waals surface area contributed by atoms with Gasteiger partial charge in [0.1, 0.15) is 6.10 Å². The lowest BCUT2D eigenvalue weighted by atomic mass is 9.94. The zero-order valence-electron chi connectivity index (χ0n) is 16.7. The van der Waals surface area contributed by atoms with Crippen molar-refractivity contribution in [3.8, 4) is 11.1 Å². The molecule has 2 heterocycles. The molecule has 31 heavy (non-hydrogen) atoms. The average molecular weight is 408 g/mol. The highest BCUT2D eigenvalue weighted by molar-refractivity contribution is 6.09. The first kappa shape index (κ1) is 19.0. The van der Waals surface area contributed by atoms with Crippen LogP contribution in [0, 0.1) is 0 Å². The van der Waals surface area contributed by atoms with Crippen LogP contribution in [-0.2, 0) is 9.53 Å². The Kier molecular flexibility index (Phi) is 4.92. The molecule has 1 aliphatic heterocycles. The van der Waals surface area contributed by atoms with Gasteiger partial charge < -0.3 is 10.1 Å². The summed E-state index contributed by atoms with van der Waals surface area (Å²) in [5, 5.41) is 3.96. The Bertz CT molecular complexity index is 1280. The molecule has 3 aromatic carbocycles. The first-order chi connectivity index (χ1) is 15.2. The van der Waals surface area contributed by atoms with Crippen LogP contribution in [0.25, 0.3) is 22.0 Å². The van der Waals surface area contributed by atoms with Crippen LogP contribution >= 0.6 is 0 Å². The first-order valence-corrected chi connectivity index (χ1v) is 10.2. The molecule has 0 spiro atoms. The third kappa shape index (κ3) is 3.78. The van der Waals surface area contributed by atoms with Crippen molar-refractivity contribution in [3.63, 3.8) is 0 Å². The quantitative estimate of drug-likeness (QED) is 0.451. The number of pyridine rings is 1. The number of fused-ring (bicyclic) bond motifs is 1. The number of hydrogen-bond acceptors (Lipinski definition) is 4. The van der Waals surface area contributed by atoms with Crippen molar-refractivity contribution >= 4 is 28.5 Å². The van der Waals surface area contributed by atoms with Crippen LogP contribution in [0.4, 0.5) is 5.69 Å². The molecule has 4 aromatic rings. The molecule has 1 fully saturated rings. The van der Waals surface area contributed by atoms with Crippen LogP contribution < -0.4 is 5.32 Å². The SMILES string of the molecule is O=C1CCC(c2ccc(-c3ccccc3)cc2C(=O)Nc2cccc3cccnc23)O1. The molecule has 0 aliphatic carbocycles. The van der Waals surface area contributed by atoms with Gasteiger partial charge in [-0.15, -0.1) is 0 Å². The van der Waals surface area contributed by atoms with Gasteiger partial charge in [-0.3, -0.25) is 14.6 Å². The number of nitrogens with zero attached hydrogens (tertiary/aromatic N) is 1. The van der Waals surface area contributed by atoms with Crippen LogP contribution in [0.5, 0.6) is 0 Å². The molecule has 5 nitrogen and oxygen atoms in total. The number of amides is 1. The average Bonchev–Trinajstić information content (AvgIpc) is 3.25. The van der Waals surface area contributed by atoms with E-state index in [1.54, 1.807) is 6.20 Å². The smallest absolute Gasteiger partial charge is 0.306 e. The number of rotatable bonds is 4. The molecule has 0 radical (unpaired) electrons. The molecule has 5 heteroatoms. The van der Waals surface area contributed by atoms with E-state index in [9.17, 15) is 9.59 Å². The summed E-state index contributed by atoms with van der Waals surface area (Å²) < 4.78 is 5.47.